The quantitative estimate of drug-likeness (QED) is 0.523. The van der Waals surface area contributed by atoms with Crippen LogP contribution in [-0.2, 0) is 9.59 Å². The number of hydrogen-bond donors (Lipinski definition) is 4. The van der Waals surface area contributed by atoms with Crippen molar-refractivity contribution in [2.24, 2.45) is 11.8 Å². The molecule has 1 unspecified atom stereocenters. The smallest absolute Gasteiger partial charge is 0.315 e. The van der Waals surface area contributed by atoms with Gasteiger partial charge in [-0.25, -0.2) is 4.79 Å². The number of likely N-dealkylation sites (N-methyl/N-ethyl adjacent to an activating group) is 1. The first-order chi connectivity index (χ1) is 9.26. The predicted molar refractivity (Wildman–Crippen MR) is 75.3 cm³/mol. The fraction of sp³-hybridized carbons (Fsp3) is 0.769. The van der Waals surface area contributed by atoms with Gasteiger partial charge >= 0.3 is 12.0 Å². The van der Waals surface area contributed by atoms with E-state index in [-0.39, 0.29) is 24.8 Å². The second-order valence-corrected chi connectivity index (χ2v) is 5.28. The number of carbonyl (C=O) groups excluding carboxylic acids is 2. The fourth-order valence-electron chi connectivity index (χ4n) is 1.92. The zero-order valence-corrected chi connectivity index (χ0v) is 12.5. The monoisotopic (exact) mass is 287 g/mol. The van der Waals surface area contributed by atoms with Crippen LogP contribution in [0.2, 0.25) is 0 Å². The number of carbonyl (C=O) groups is 3. The van der Waals surface area contributed by atoms with Crippen LogP contribution in [0.15, 0.2) is 0 Å². The van der Waals surface area contributed by atoms with Crippen LogP contribution in [0.4, 0.5) is 4.79 Å². The highest BCUT2D eigenvalue weighted by Crippen LogP contribution is 2.14. The minimum atomic E-state index is -0.878. The summed E-state index contributed by atoms with van der Waals surface area (Å²) >= 11 is 0. The van der Waals surface area contributed by atoms with Gasteiger partial charge in [0.25, 0.3) is 0 Å². The molecule has 4 N–H and O–H groups in total. The number of carboxylic acid groups (broad SMARTS) is 1. The molecule has 0 fully saturated rings. The molecule has 0 heterocycles. The van der Waals surface area contributed by atoms with Gasteiger partial charge in [-0.2, -0.15) is 0 Å². The molecule has 20 heavy (non-hydrogen) atoms. The molecule has 0 saturated heterocycles. The van der Waals surface area contributed by atoms with Crippen LogP contribution in [-0.4, -0.2) is 42.6 Å². The molecule has 7 nitrogen and oxygen atoms in total. The topological polar surface area (TPSA) is 108 Å². The number of carboxylic acids is 1. The molecule has 0 aromatic heterocycles. The van der Waals surface area contributed by atoms with Crippen molar-refractivity contribution in [1.29, 1.82) is 0 Å². The summed E-state index contributed by atoms with van der Waals surface area (Å²) in [5.74, 6) is -0.927. The molecule has 0 radical (unpaired) electrons. The standard InChI is InChI=1S/C13H25N3O4/c1-8(2)5-10(6-11(17)18)7-15-13(20)16-9(3)12(19)14-4/h8-10H,5-7H2,1-4H3,(H,14,19)(H,17,18)(H2,15,16,20)/t9?,10-/m0/s1. The Labute approximate surface area is 119 Å². The molecule has 0 aliphatic heterocycles. The molecule has 0 rings (SSSR count). The zero-order valence-electron chi connectivity index (χ0n) is 12.5. The number of aliphatic carboxylic acids is 1. The Morgan fingerprint density at radius 2 is 1.75 bits per heavy atom. The minimum Gasteiger partial charge on any atom is -0.481 e. The Morgan fingerprint density at radius 3 is 2.20 bits per heavy atom. The van der Waals surface area contributed by atoms with Gasteiger partial charge in [0.15, 0.2) is 0 Å². The third kappa shape index (κ3) is 8.34. The van der Waals surface area contributed by atoms with E-state index in [0.29, 0.717) is 5.92 Å². The van der Waals surface area contributed by atoms with Crippen molar-refractivity contribution in [3.63, 3.8) is 0 Å². The van der Waals surface area contributed by atoms with E-state index in [4.69, 9.17) is 5.11 Å². The Morgan fingerprint density at radius 1 is 1.15 bits per heavy atom. The van der Waals surface area contributed by atoms with Gasteiger partial charge in [-0.3, -0.25) is 9.59 Å². The average Bonchev–Trinajstić information content (AvgIpc) is 2.33. The molecule has 116 valence electrons. The first kappa shape index (κ1) is 18.2. The largest absolute Gasteiger partial charge is 0.481 e. The van der Waals surface area contributed by atoms with Gasteiger partial charge in [0, 0.05) is 20.0 Å². The summed E-state index contributed by atoms with van der Waals surface area (Å²) in [4.78, 5) is 33.6. The van der Waals surface area contributed by atoms with Crippen molar-refractivity contribution >= 4 is 17.9 Å². The van der Waals surface area contributed by atoms with E-state index in [2.05, 4.69) is 16.0 Å². The van der Waals surface area contributed by atoms with Gasteiger partial charge in [-0.05, 0) is 25.2 Å². The Bertz CT molecular complexity index is 345. The summed E-state index contributed by atoms with van der Waals surface area (Å²) in [7, 11) is 1.49. The first-order valence-corrected chi connectivity index (χ1v) is 6.74. The summed E-state index contributed by atoms with van der Waals surface area (Å²) in [5.41, 5.74) is 0. The zero-order chi connectivity index (χ0) is 15.7. The van der Waals surface area contributed by atoms with Crippen LogP contribution in [0.5, 0.6) is 0 Å². The van der Waals surface area contributed by atoms with E-state index in [9.17, 15) is 14.4 Å². The number of amides is 3. The molecule has 0 aliphatic rings. The first-order valence-electron chi connectivity index (χ1n) is 6.74. The number of rotatable bonds is 8. The highest BCUT2D eigenvalue weighted by atomic mass is 16.4. The summed E-state index contributed by atoms with van der Waals surface area (Å²) in [6.45, 7) is 5.85. The predicted octanol–water partition coefficient (Wildman–Crippen LogP) is 0.557. The van der Waals surface area contributed by atoms with Crippen molar-refractivity contribution in [1.82, 2.24) is 16.0 Å². The maximum atomic E-state index is 11.6. The van der Waals surface area contributed by atoms with Crippen molar-refractivity contribution in [2.75, 3.05) is 13.6 Å². The summed E-state index contributed by atoms with van der Waals surface area (Å²) in [6.07, 6.45) is 0.737. The van der Waals surface area contributed by atoms with Gasteiger partial charge in [-0.15, -0.1) is 0 Å². The molecule has 0 bridgehead atoms. The number of urea groups is 1. The van der Waals surface area contributed by atoms with Gasteiger partial charge in [0.05, 0.1) is 0 Å². The summed E-state index contributed by atoms with van der Waals surface area (Å²) in [6, 6.07) is -1.11. The van der Waals surface area contributed by atoms with E-state index in [1.165, 1.54) is 7.05 Å². The molecule has 3 amide bonds. The molecule has 0 aromatic rings. The molecule has 0 spiro atoms. The molecule has 7 heteroatoms. The lowest BCUT2D eigenvalue weighted by Gasteiger charge is -2.19. The summed E-state index contributed by atoms with van der Waals surface area (Å²) < 4.78 is 0. The third-order valence-electron chi connectivity index (χ3n) is 2.81. The summed E-state index contributed by atoms with van der Waals surface area (Å²) in [5, 5.41) is 16.4. The minimum absolute atomic E-state index is 0.0173. The van der Waals surface area contributed by atoms with Gasteiger partial charge in [0.1, 0.15) is 6.04 Å². The highest BCUT2D eigenvalue weighted by molar-refractivity contribution is 5.86. The van der Waals surface area contributed by atoms with E-state index < -0.39 is 18.0 Å². The Kier molecular flexibility index (Phi) is 8.35. The lowest BCUT2D eigenvalue weighted by atomic mass is 9.94. The highest BCUT2D eigenvalue weighted by Gasteiger charge is 2.18. The second kappa shape index (κ2) is 9.17. The van der Waals surface area contributed by atoms with Crippen LogP contribution in [0, 0.1) is 11.8 Å². The molecule has 2 atom stereocenters. The van der Waals surface area contributed by atoms with E-state index >= 15 is 0 Å². The van der Waals surface area contributed by atoms with E-state index in [0.717, 1.165) is 6.42 Å². The molecular formula is C13H25N3O4. The van der Waals surface area contributed by atoms with Crippen LogP contribution < -0.4 is 16.0 Å². The van der Waals surface area contributed by atoms with E-state index in [1.54, 1.807) is 6.92 Å². The van der Waals surface area contributed by atoms with Crippen LogP contribution >= 0.6 is 0 Å². The molecule has 0 aromatic carbocycles. The molecule has 0 aliphatic carbocycles. The lowest BCUT2D eigenvalue weighted by molar-refractivity contribution is -0.138. The van der Waals surface area contributed by atoms with Crippen LogP contribution in [0.3, 0.4) is 0 Å². The van der Waals surface area contributed by atoms with Crippen LogP contribution in [0.1, 0.15) is 33.6 Å². The fourth-order valence-corrected chi connectivity index (χ4v) is 1.92. The van der Waals surface area contributed by atoms with Crippen molar-refractivity contribution in [3.8, 4) is 0 Å². The van der Waals surface area contributed by atoms with Crippen LogP contribution in [0.25, 0.3) is 0 Å². The second-order valence-electron chi connectivity index (χ2n) is 5.28. The SMILES string of the molecule is CNC(=O)C(C)NC(=O)NC[C@H](CC(=O)O)CC(C)C. The third-order valence-corrected chi connectivity index (χ3v) is 2.81. The van der Waals surface area contributed by atoms with Crippen molar-refractivity contribution < 1.29 is 19.5 Å². The maximum absolute atomic E-state index is 11.6. The number of hydrogen-bond acceptors (Lipinski definition) is 3. The van der Waals surface area contributed by atoms with Gasteiger partial charge in [-0.1, -0.05) is 13.8 Å². The molecular weight excluding hydrogens is 262 g/mol. The Hall–Kier alpha value is -1.79. The number of nitrogens with one attached hydrogen (secondary N) is 3. The lowest BCUT2D eigenvalue weighted by Crippen LogP contribution is -2.48. The Balaban J connectivity index is 4.22. The van der Waals surface area contributed by atoms with Gasteiger partial charge in [0.2, 0.25) is 5.91 Å². The maximum Gasteiger partial charge on any atom is 0.315 e. The van der Waals surface area contributed by atoms with Crippen molar-refractivity contribution in [3.05, 3.63) is 0 Å². The molecule has 0 saturated carbocycles. The van der Waals surface area contributed by atoms with E-state index in [1.807, 2.05) is 13.8 Å². The average molecular weight is 287 g/mol. The van der Waals surface area contributed by atoms with Gasteiger partial charge < -0.3 is 21.1 Å². The normalized spacial score (nSPS) is 13.4. The van der Waals surface area contributed by atoms with Crippen molar-refractivity contribution in [2.45, 2.75) is 39.7 Å².